The third kappa shape index (κ3) is 7.51. The summed E-state index contributed by atoms with van der Waals surface area (Å²) in [6, 6.07) is 0. The Morgan fingerprint density at radius 1 is 1.05 bits per heavy atom. The number of hydrogen-bond acceptors (Lipinski definition) is 2. The predicted molar refractivity (Wildman–Crippen MR) is 164 cm³/mol. The molecule has 2 nitrogen and oxygen atoms in total. The fraction of sp³-hybridized carbons (Fsp3) is 0.824. The molecule has 3 fully saturated rings. The SMILES string of the molecule is C=C1/C(=C/C=C2\CCC[C@]3(C)[C@@H]([C@@H](C)CCCC(C)(C(F)(F)F)C(F)(F)F)CC[C@@H]23)C[C@@H](O[Si](C)(C)C(C)(C)C)C[C@@H]1O. The fourth-order valence-electron chi connectivity index (χ4n) is 7.77. The van der Waals surface area contributed by atoms with Crippen LogP contribution in [0.25, 0.3) is 0 Å². The van der Waals surface area contributed by atoms with Crippen LogP contribution < -0.4 is 0 Å². The van der Waals surface area contributed by atoms with Crippen molar-refractivity contribution >= 4 is 8.32 Å². The van der Waals surface area contributed by atoms with Crippen molar-refractivity contribution in [1.29, 1.82) is 0 Å². The summed E-state index contributed by atoms with van der Waals surface area (Å²) in [5.41, 5.74) is -0.596. The molecule has 0 amide bonds. The molecule has 0 heterocycles. The van der Waals surface area contributed by atoms with Crippen molar-refractivity contribution < 1.29 is 35.9 Å². The Balaban J connectivity index is 1.72. The smallest absolute Gasteiger partial charge is 0.402 e. The van der Waals surface area contributed by atoms with Crippen molar-refractivity contribution in [3.8, 4) is 0 Å². The lowest BCUT2D eigenvalue weighted by Crippen LogP contribution is -2.47. The summed E-state index contributed by atoms with van der Waals surface area (Å²) in [4.78, 5) is 0. The molecular formula is C34H54F6O2Si. The minimum atomic E-state index is -5.33. The highest BCUT2D eigenvalue weighted by Gasteiger charge is 2.66. The second-order valence-corrected chi connectivity index (χ2v) is 20.5. The van der Waals surface area contributed by atoms with Crippen molar-refractivity contribution in [2.45, 2.75) is 148 Å². The van der Waals surface area contributed by atoms with Gasteiger partial charge in [-0.05, 0) is 104 Å². The van der Waals surface area contributed by atoms with Gasteiger partial charge in [-0.15, -0.1) is 0 Å². The number of fused-ring (bicyclic) bond motifs is 1. The molecule has 3 rings (SSSR count). The molecule has 0 aromatic rings. The molecule has 43 heavy (non-hydrogen) atoms. The lowest BCUT2D eigenvalue weighted by atomic mass is 9.60. The van der Waals surface area contributed by atoms with Gasteiger partial charge in [-0.3, -0.25) is 0 Å². The second-order valence-electron chi connectivity index (χ2n) is 15.7. The number of halogens is 6. The van der Waals surface area contributed by atoms with Gasteiger partial charge in [0.1, 0.15) is 0 Å². The topological polar surface area (TPSA) is 29.5 Å². The zero-order valence-electron chi connectivity index (χ0n) is 27.4. The molecule has 0 unspecified atom stereocenters. The molecule has 0 radical (unpaired) electrons. The van der Waals surface area contributed by atoms with Crippen LogP contribution in [0.1, 0.15) is 106 Å². The van der Waals surface area contributed by atoms with Gasteiger partial charge in [0.25, 0.3) is 0 Å². The Hall–Kier alpha value is -1.06. The number of hydrogen-bond donors (Lipinski definition) is 1. The minimum Gasteiger partial charge on any atom is -0.413 e. The third-order valence-electron chi connectivity index (χ3n) is 11.8. The van der Waals surface area contributed by atoms with Gasteiger partial charge in [0, 0.05) is 6.42 Å². The van der Waals surface area contributed by atoms with E-state index in [1.807, 2.05) is 6.92 Å². The molecule has 3 aliphatic rings. The molecule has 0 saturated heterocycles. The molecule has 1 N–H and O–H groups in total. The van der Waals surface area contributed by atoms with Crippen LogP contribution in [0, 0.1) is 28.6 Å². The van der Waals surface area contributed by atoms with Crippen LogP contribution in [0.5, 0.6) is 0 Å². The zero-order valence-corrected chi connectivity index (χ0v) is 28.4. The molecule has 0 spiro atoms. The Morgan fingerprint density at radius 2 is 1.65 bits per heavy atom. The third-order valence-corrected chi connectivity index (χ3v) is 16.4. The molecular weight excluding hydrogens is 582 g/mol. The van der Waals surface area contributed by atoms with Gasteiger partial charge in [-0.1, -0.05) is 71.8 Å². The van der Waals surface area contributed by atoms with E-state index in [4.69, 9.17) is 4.43 Å². The number of allylic oxidation sites excluding steroid dienone is 3. The minimum absolute atomic E-state index is 0.0313. The highest BCUT2D eigenvalue weighted by molar-refractivity contribution is 6.74. The van der Waals surface area contributed by atoms with Crippen LogP contribution >= 0.6 is 0 Å². The number of aliphatic hydroxyl groups is 1. The molecule has 0 aromatic carbocycles. The summed E-state index contributed by atoms with van der Waals surface area (Å²) < 4.78 is 87.0. The van der Waals surface area contributed by atoms with Gasteiger partial charge in [-0.25, -0.2) is 0 Å². The molecule has 0 bridgehead atoms. The molecule has 3 aliphatic carbocycles. The summed E-state index contributed by atoms with van der Waals surface area (Å²) in [6.07, 6.45) is -1.58. The maximum Gasteiger partial charge on any atom is 0.402 e. The fourth-order valence-corrected chi connectivity index (χ4v) is 9.13. The van der Waals surface area contributed by atoms with E-state index in [-0.39, 0.29) is 34.8 Å². The van der Waals surface area contributed by atoms with Crippen LogP contribution in [-0.4, -0.2) is 38.0 Å². The normalized spacial score (nSPS) is 32.4. The maximum absolute atomic E-state index is 13.4. The Kier molecular flexibility index (Phi) is 10.7. The molecule has 9 heteroatoms. The summed E-state index contributed by atoms with van der Waals surface area (Å²) in [5.74, 6) is 0.632. The zero-order chi connectivity index (χ0) is 32.8. The first-order valence-electron chi connectivity index (χ1n) is 16.0. The van der Waals surface area contributed by atoms with Crippen molar-refractivity contribution in [2.24, 2.45) is 28.6 Å². The van der Waals surface area contributed by atoms with Crippen LogP contribution in [-0.2, 0) is 4.43 Å². The van der Waals surface area contributed by atoms with Gasteiger partial charge in [0.2, 0.25) is 0 Å². The number of alkyl halides is 6. The first-order chi connectivity index (χ1) is 19.4. The Bertz CT molecular complexity index is 1050. The van der Waals surface area contributed by atoms with Crippen LogP contribution in [0.3, 0.4) is 0 Å². The molecule has 248 valence electrons. The van der Waals surface area contributed by atoms with E-state index in [2.05, 4.69) is 59.5 Å². The number of aliphatic hydroxyl groups excluding tert-OH is 1. The maximum atomic E-state index is 13.4. The highest BCUT2D eigenvalue weighted by atomic mass is 28.4. The van der Waals surface area contributed by atoms with Gasteiger partial charge < -0.3 is 9.53 Å². The van der Waals surface area contributed by atoms with E-state index in [9.17, 15) is 31.4 Å². The molecule has 0 aliphatic heterocycles. The van der Waals surface area contributed by atoms with Crippen molar-refractivity contribution in [3.05, 3.63) is 35.5 Å². The summed E-state index contributed by atoms with van der Waals surface area (Å²) in [7, 11) is -2.01. The predicted octanol–water partition coefficient (Wildman–Crippen LogP) is 11.1. The molecule has 0 aromatic heterocycles. The van der Waals surface area contributed by atoms with E-state index in [1.165, 1.54) is 5.57 Å². The van der Waals surface area contributed by atoms with E-state index in [0.29, 0.717) is 32.1 Å². The largest absolute Gasteiger partial charge is 0.413 e. The Morgan fingerprint density at radius 3 is 2.21 bits per heavy atom. The van der Waals surface area contributed by atoms with E-state index in [1.54, 1.807) is 0 Å². The first kappa shape index (κ1) is 36.4. The van der Waals surface area contributed by atoms with E-state index in [0.717, 1.165) is 43.3 Å². The van der Waals surface area contributed by atoms with Crippen molar-refractivity contribution in [2.75, 3.05) is 0 Å². The van der Waals surface area contributed by atoms with Crippen molar-refractivity contribution in [1.82, 2.24) is 0 Å². The lowest BCUT2D eigenvalue weighted by molar-refractivity contribution is -0.337. The quantitative estimate of drug-likeness (QED) is 0.212. The van der Waals surface area contributed by atoms with Gasteiger partial charge in [0.15, 0.2) is 13.7 Å². The van der Waals surface area contributed by atoms with Crippen LogP contribution in [0.15, 0.2) is 35.5 Å². The summed E-state index contributed by atoms with van der Waals surface area (Å²) in [6.45, 7) is 19.8. The van der Waals surface area contributed by atoms with Crippen LogP contribution in [0.2, 0.25) is 18.1 Å². The van der Waals surface area contributed by atoms with E-state index < -0.39 is 38.6 Å². The average Bonchev–Trinajstić information content (AvgIpc) is 3.20. The number of rotatable bonds is 8. The average molecular weight is 637 g/mol. The van der Waals surface area contributed by atoms with Crippen molar-refractivity contribution in [3.63, 3.8) is 0 Å². The standard InChI is InChI=1S/C34H54F6O2Si/c1-22(12-10-19-32(7,33(35,36)37)34(38,39)40)27-16-17-28-24(13-11-18-31(27,28)6)14-15-25-20-26(21-29(41)23(25)2)42-43(8,9)30(3,4)5/h14-15,22,26-29,41H,2,10-13,16-21H2,1,3-9H3/b24-14+,25-15+/t22-,26+,27+,28-,29-,31+/m0/s1. The van der Waals surface area contributed by atoms with E-state index >= 15 is 0 Å². The van der Waals surface area contributed by atoms with Crippen LogP contribution in [0.4, 0.5) is 26.3 Å². The first-order valence-corrected chi connectivity index (χ1v) is 18.9. The second kappa shape index (κ2) is 12.6. The summed E-state index contributed by atoms with van der Waals surface area (Å²) in [5, 5.41) is 10.9. The van der Waals surface area contributed by atoms with Gasteiger partial charge in [-0.2, -0.15) is 26.3 Å². The highest BCUT2D eigenvalue weighted by Crippen LogP contribution is 2.60. The Labute approximate surface area is 256 Å². The lowest BCUT2D eigenvalue weighted by Gasteiger charge is -2.44. The van der Waals surface area contributed by atoms with Gasteiger partial charge in [0.05, 0.1) is 12.2 Å². The van der Waals surface area contributed by atoms with Gasteiger partial charge >= 0.3 is 12.4 Å². The molecule has 3 saturated carbocycles. The monoisotopic (exact) mass is 636 g/mol. The summed E-state index contributed by atoms with van der Waals surface area (Å²) >= 11 is 0. The molecule has 6 atom stereocenters.